The van der Waals surface area contributed by atoms with Crippen LogP contribution in [0.2, 0.25) is 0 Å². The first-order chi connectivity index (χ1) is 6.69. The summed E-state index contributed by atoms with van der Waals surface area (Å²) in [5, 5.41) is 0. The van der Waals surface area contributed by atoms with Gasteiger partial charge in [0.05, 0.1) is 19.0 Å². The highest BCUT2D eigenvalue weighted by Crippen LogP contribution is 2.24. The van der Waals surface area contributed by atoms with Gasteiger partial charge in [0.25, 0.3) is 0 Å². The van der Waals surface area contributed by atoms with Gasteiger partial charge in [-0.25, -0.2) is 0 Å². The predicted octanol–water partition coefficient (Wildman–Crippen LogP) is 2.43. The van der Waals surface area contributed by atoms with Crippen molar-refractivity contribution in [2.75, 3.05) is 14.2 Å². The molecule has 3 heteroatoms. The molecule has 0 fully saturated rings. The van der Waals surface area contributed by atoms with Crippen LogP contribution >= 0.6 is 0 Å². The normalized spacial score (nSPS) is 12.9. The van der Waals surface area contributed by atoms with Crippen LogP contribution in [-0.4, -0.2) is 19.2 Å². The first-order valence-corrected chi connectivity index (χ1v) is 4.71. The molecule has 0 aliphatic carbocycles. The Morgan fingerprint density at radius 2 is 1.93 bits per heavy atom. The molecule has 1 aromatic heterocycles. The van der Waals surface area contributed by atoms with Crippen molar-refractivity contribution in [1.82, 2.24) is 4.98 Å². The van der Waals surface area contributed by atoms with Gasteiger partial charge in [0.2, 0.25) is 0 Å². The maximum Gasteiger partial charge on any atom is 0.137 e. The van der Waals surface area contributed by atoms with E-state index in [0.29, 0.717) is 5.92 Å². The summed E-state index contributed by atoms with van der Waals surface area (Å²) in [5.74, 6) is 1.19. The number of nitrogens with zero attached hydrogens (tertiary/aromatic N) is 1. The molecule has 0 saturated heterocycles. The molecule has 1 heterocycles. The molecule has 0 N–H and O–H groups in total. The van der Waals surface area contributed by atoms with Crippen LogP contribution in [0.1, 0.15) is 25.6 Å². The van der Waals surface area contributed by atoms with E-state index in [1.54, 1.807) is 20.4 Å². The Labute approximate surface area is 85.1 Å². The van der Waals surface area contributed by atoms with Gasteiger partial charge < -0.3 is 9.47 Å². The van der Waals surface area contributed by atoms with Crippen LogP contribution in [0.4, 0.5) is 0 Å². The van der Waals surface area contributed by atoms with Crippen LogP contribution < -0.4 is 4.74 Å². The average molecular weight is 195 g/mol. The summed E-state index contributed by atoms with van der Waals surface area (Å²) in [4.78, 5) is 4.29. The van der Waals surface area contributed by atoms with E-state index < -0.39 is 0 Å². The number of pyridine rings is 1. The van der Waals surface area contributed by atoms with Crippen molar-refractivity contribution in [3.8, 4) is 5.75 Å². The average Bonchev–Trinajstić information content (AvgIpc) is 2.19. The Hall–Kier alpha value is -1.09. The van der Waals surface area contributed by atoms with Crippen molar-refractivity contribution >= 4 is 0 Å². The van der Waals surface area contributed by atoms with E-state index in [4.69, 9.17) is 9.47 Å². The second-order valence-corrected chi connectivity index (χ2v) is 3.52. The van der Waals surface area contributed by atoms with Crippen LogP contribution in [0.5, 0.6) is 5.75 Å². The number of rotatable bonds is 4. The third-order valence-corrected chi connectivity index (χ3v) is 2.15. The van der Waals surface area contributed by atoms with Gasteiger partial charge in [-0.3, -0.25) is 4.98 Å². The van der Waals surface area contributed by atoms with Gasteiger partial charge in [-0.05, 0) is 18.1 Å². The lowest BCUT2D eigenvalue weighted by Gasteiger charge is -2.18. The van der Waals surface area contributed by atoms with Gasteiger partial charge in [-0.1, -0.05) is 13.8 Å². The largest absolute Gasteiger partial charge is 0.495 e. The quantitative estimate of drug-likeness (QED) is 0.739. The van der Waals surface area contributed by atoms with Crippen molar-refractivity contribution in [2.24, 2.45) is 5.92 Å². The molecule has 1 aromatic rings. The zero-order chi connectivity index (χ0) is 10.6. The van der Waals surface area contributed by atoms with Crippen molar-refractivity contribution < 1.29 is 9.47 Å². The van der Waals surface area contributed by atoms with Crippen LogP contribution in [0, 0.1) is 5.92 Å². The molecular weight excluding hydrogens is 178 g/mol. The SMILES string of the molecule is COc1ccc([C@@H](OC)C(C)C)nc1. The van der Waals surface area contributed by atoms with E-state index >= 15 is 0 Å². The maximum atomic E-state index is 5.37. The van der Waals surface area contributed by atoms with Crippen molar-refractivity contribution in [3.05, 3.63) is 24.0 Å². The molecule has 1 atom stereocenters. The molecule has 0 amide bonds. The third kappa shape index (κ3) is 2.45. The predicted molar refractivity (Wildman–Crippen MR) is 55.4 cm³/mol. The summed E-state index contributed by atoms with van der Waals surface area (Å²) in [6.45, 7) is 4.22. The zero-order valence-electron chi connectivity index (χ0n) is 9.15. The number of hydrogen-bond acceptors (Lipinski definition) is 3. The Morgan fingerprint density at radius 1 is 1.21 bits per heavy atom. The monoisotopic (exact) mass is 195 g/mol. The van der Waals surface area contributed by atoms with Gasteiger partial charge in [0.15, 0.2) is 0 Å². The summed E-state index contributed by atoms with van der Waals surface area (Å²) in [7, 11) is 3.34. The van der Waals surface area contributed by atoms with Crippen molar-refractivity contribution in [3.63, 3.8) is 0 Å². The summed E-state index contributed by atoms with van der Waals surface area (Å²) in [6, 6.07) is 3.84. The molecule has 78 valence electrons. The lowest BCUT2D eigenvalue weighted by Crippen LogP contribution is -2.10. The first kappa shape index (κ1) is 11.0. The Balaban J connectivity index is 2.84. The van der Waals surface area contributed by atoms with Gasteiger partial charge in [-0.15, -0.1) is 0 Å². The Morgan fingerprint density at radius 3 is 2.29 bits per heavy atom. The fourth-order valence-corrected chi connectivity index (χ4v) is 1.42. The molecule has 0 bridgehead atoms. The van der Waals surface area contributed by atoms with E-state index in [9.17, 15) is 0 Å². The number of aromatic nitrogens is 1. The minimum Gasteiger partial charge on any atom is -0.495 e. The van der Waals surface area contributed by atoms with Gasteiger partial charge in [0.1, 0.15) is 11.9 Å². The lowest BCUT2D eigenvalue weighted by atomic mass is 10.0. The number of ether oxygens (including phenoxy) is 2. The smallest absolute Gasteiger partial charge is 0.137 e. The third-order valence-electron chi connectivity index (χ3n) is 2.15. The highest BCUT2D eigenvalue weighted by molar-refractivity contribution is 5.21. The van der Waals surface area contributed by atoms with Crippen LogP contribution in [0.3, 0.4) is 0 Å². The number of hydrogen-bond donors (Lipinski definition) is 0. The standard InChI is InChI=1S/C11H17NO2/c1-8(2)11(14-4)10-6-5-9(13-3)7-12-10/h5-8,11H,1-4H3/t11-/m0/s1. The Bertz CT molecular complexity index is 269. The minimum atomic E-state index is 0.0564. The van der Waals surface area contributed by atoms with E-state index in [1.807, 2.05) is 12.1 Å². The van der Waals surface area contributed by atoms with Gasteiger partial charge in [0, 0.05) is 7.11 Å². The van der Waals surface area contributed by atoms with Crippen molar-refractivity contribution in [1.29, 1.82) is 0 Å². The molecule has 1 rings (SSSR count). The first-order valence-electron chi connectivity index (χ1n) is 4.71. The summed E-state index contributed by atoms with van der Waals surface area (Å²) >= 11 is 0. The zero-order valence-corrected chi connectivity index (χ0v) is 9.15. The minimum absolute atomic E-state index is 0.0564. The van der Waals surface area contributed by atoms with Crippen LogP contribution in [0.25, 0.3) is 0 Å². The molecule has 0 aliphatic rings. The fourth-order valence-electron chi connectivity index (χ4n) is 1.42. The van der Waals surface area contributed by atoms with Gasteiger partial charge >= 0.3 is 0 Å². The van der Waals surface area contributed by atoms with E-state index in [2.05, 4.69) is 18.8 Å². The molecule has 0 saturated carbocycles. The summed E-state index contributed by atoms with van der Waals surface area (Å²) < 4.78 is 10.4. The highest BCUT2D eigenvalue weighted by Gasteiger charge is 2.15. The molecule has 14 heavy (non-hydrogen) atoms. The van der Waals surface area contributed by atoms with Crippen LogP contribution in [0.15, 0.2) is 18.3 Å². The molecule has 0 unspecified atom stereocenters. The van der Waals surface area contributed by atoms with Crippen LogP contribution in [-0.2, 0) is 4.74 Å². The lowest BCUT2D eigenvalue weighted by molar-refractivity contribution is 0.0611. The second-order valence-electron chi connectivity index (χ2n) is 3.52. The van der Waals surface area contributed by atoms with E-state index in [1.165, 1.54) is 0 Å². The second kappa shape index (κ2) is 4.96. The maximum absolute atomic E-state index is 5.37. The highest BCUT2D eigenvalue weighted by atomic mass is 16.5. The molecule has 0 radical (unpaired) electrons. The number of methoxy groups -OCH3 is 2. The molecule has 0 aliphatic heterocycles. The van der Waals surface area contributed by atoms with E-state index in [-0.39, 0.29) is 6.10 Å². The van der Waals surface area contributed by atoms with Gasteiger partial charge in [-0.2, -0.15) is 0 Å². The summed E-state index contributed by atoms with van der Waals surface area (Å²) in [5.41, 5.74) is 0.948. The van der Waals surface area contributed by atoms with E-state index in [0.717, 1.165) is 11.4 Å². The Kier molecular flexibility index (Phi) is 3.89. The molecule has 3 nitrogen and oxygen atoms in total. The fraction of sp³-hybridized carbons (Fsp3) is 0.545. The molecule has 0 spiro atoms. The molecule has 0 aromatic carbocycles. The topological polar surface area (TPSA) is 31.4 Å². The molecular formula is C11H17NO2. The summed E-state index contributed by atoms with van der Waals surface area (Å²) in [6.07, 6.45) is 1.77. The van der Waals surface area contributed by atoms with Crippen molar-refractivity contribution in [2.45, 2.75) is 20.0 Å².